The number of phenolic OH excluding ortho intramolecular Hbond substituents is 1. The third kappa shape index (κ3) is 8.79. The molecule has 1 aromatic carbocycles. The average molecular weight is 555 g/mol. The van der Waals surface area contributed by atoms with Gasteiger partial charge in [-0.2, -0.15) is 0 Å². The van der Waals surface area contributed by atoms with Crippen molar-refractivity contribution in [2.45, 2.75) is 118 Å². The highest BCUT2D eigenvalue weighted by Crippen LogP contribution is 2.35. The van der Waals surface area contributed by atoms with E-state index in [2.05, 4.69) is 46.8 Å². The molecular weight excluding hydrogens is 504 g/mol. The van der Waals surface area contributed by atoms with Gasteiger partial charge in [0.05, 0.1) is 23.9 Å². The Morgan fingerprint density at radius 2 is 2.00 bits per heavy atom. The molecule has 2 heterocycles. The number of ether oxygens (including phenoxy) is 3. The van der Waals surface area contributed by atoms with Crippen LogP contribution in [0.15, 0.2) is 42.0 Å². The first kappa shape index (κ1) is 32.1. The Morgan fingerprint density at radius 3 is 2.70 bits per heavy atom. The predicted octanol–water partition coefficient (Wildman–Crippen LogP) is 7.66. The Balaban J connectivity index is 1.57. The maximum absolute atomic E-state index is 12.2. The fourth-order valence-corrected chi connectivity index (χ4v) is 5.97. The third-order valence-electron chi connectivity index (χ3n) is 8.11. The van der Waals surface area contributed by atoms with Crippen molar-refractivity contribution in [3.05, 3.63) is 58.7 Å². The first-order chi connectivity index (χ1) is 18.9. The Hall–Kier alpha value is -2.41. The van der Waals surface area contributed by atoms with E-state index in [0.717, 1.165) is 43.2 Å². The van der Waals surface area contributed by atoms with Crippen molar-refractivity contribution in [3.8, 4) is 5.75 Å². The molecule has 40 heavy (non-hydrogen) atoms. The van der Waals surface area contributed by atoms with Crippen LogP contribution >= 0.6 is 0 Å². The molecule has 1 fully saturated rings. The van der Waals surface area contributed by atoms with Crippen molar-refractivity contribution in [2.24, 2.45) is 11.8 Å². The van der Waals surface area contributed by atoms with Crippen LogP contribution in [0.25, 0.3) is 5.57 Å². The predicted molar refractivity (Wildman–Crippen MR) is 160 cm³/mol. The van der Waals surface area contributed by atoms with Crippen LogP contribution in [0, 0.1) is 18.8 Å². The lowest BCUT2D eigenvalue weighted by atomic mass is 9.93. The molecule has 0 aliphatic carbocycles. The summed E-state index contributed by atoms with van der Waals surface area (Å²) >= 11 is 0. The summed E-state index contributed by atoms with van der Waals surface area (Å²) < 4.78 is 18.3. The minimum absolute atomic E-state index is 0.0765. The maximum atomic E-state index is 12.2. The molecule has 1 aromatic rings. The zero-order valence-electron chi connectivity index (χ0n) is 25.5. The largest absolute Gasteiger partial charge is 0.508 e. The van der Waals surface area contributed by atoms with Crippen LogP contribution in [0.3, 0.4) is 0 Å². The molecule has 6 nitrogen and oxygen atoms in total. The summed E-state index contributed by atoms with van der Waals surface area (Å²) in [6, 6.07) is 3.33. The Kier molecular flexibility index (Phi) is 11.6. The van der Waals surface area contributed by atoms with Gasteiger partial charge in [0, 0.05) is 12.8 Å². The average Bonchev–Trinajstić information content (AvgIpc) is 2.88. The van der Waals surface area contributed by atoms with Gasteiger partial charge in [0.15, 0.2) is 5.79 Å². The second-order valence-electron chi connectivity index (χ2n) is 12.1. The number of allylic oxidation sites excluding steroid dienone is 4. The first-order valence-corrected chi connectivity index (χ1v) is 15.0. The normalized spacial score (nSPS) is 26.9. The second-order valence-corrected chi connectivity index (χ2v) is 12.1. The van der Waals surface area contributed by atoms with Crippen molar-refractivity contribution >= 4 is 11.5 Å². The number of rotatable bonds is 12. The number of aliphatic hydroxyl groups excluding tert-OH is 1. The number of aliphatic hydroxyl groups is 1. The van der Waals surface area contributed by atoms with Crippen molar-refractivity contribution < 1.29 is 29.2 Å². The summed E-state index contributed by atoms with van der Waals surface area (Å²) in [7, 11) is 0. The fourth-order valence-electron chi connectivity index (χ4n) is 5.97. The lowest BCUT2D eigenvalue weighted by molar-refractivity contribution is -0.306. The van der Waals surface area contributed by atoms with E-state index >= 15 is 0 Å². The Bertz CT molecular complexity index is 1100. The number of cyclic esters (lactones) is 1. The van der Waals surface area contributed by atoms with E-state index in [4.69, 9.17) is 14.2 Å². The summed E-state index contributed by atoms with van der Waals surface area (Å²) in [6.07, 6.45) is 13.9. The highest BCUT2D eigenvalue weighted by Gasteiger charge is 2.40. The summed E-state index contributed by atoms with van der Waals surface area (Å²) in [5, 5.41) is 20.8. The molecule has 6 heteroatoms. The number of hydrogen-bond acceptors (Lipinski definition) is 6. The number of aromatic hydroxyl groups is 1. The number of benzene rings is 1. The van der Waals surface area contributed by atoms with Crippen LogP contribution < -0.4 is 0 Å². The van der Waals surface area contributed by atoms with E-state index in [0.29, 0.717) is 35.8 Å². The number of esters is 1. The van der Waals surface area contributed by atoms with Crippen LogP contribution in [0.5, 0.6) is 5.75 Å². The highest BCUT2D eigenvalue weighted by molar-refractivity contribution is 5.99. The van der Waals surface area contributed by atoms with Gasteiger partial charge in [-0.3, -0.25) is 0 Å². The number of fused-ring (bicyclic) bond motifs is 1. The van der Waals surface area contributed by atoms with Gasteiger partial charge in [-0.05, 0) is 87.1 Å². The number of aryl methyl sites for hydroxylation is 1. The van der Waals surface area contributed by atoms with Crippen molar-refractivity contribution in [1.29, 1.82) is 0 Å². The summed E-state index contributed by atoms with van der Waals surface area (Å²) in [4.78, 5) is 12.2. The van der Waals surface area contributed by atoms with E-state index in [1.807, 2.05) is 19.1 Å². The van der Waals surface area contributed by atoms with Gasteiger partial charge in [-0.1, -0.05) is 64.0 Å². The Morgan fingerprint density at radius 1 is 1.25 bits per heavy atom. The maximum Gasteiger partial charge on any atom is 0.339 e. The van der Waals surface area contributed by atoms with E-state index in [1.165, 1.54) is 5.57 Å². The monoisotopic (exact) mass is 554 g/mol. The van der Waals surface area contributed by atoms with Crippen LogP contribution in [-0.4, -0.2) is 46.9 Å². The number of hydrogen-bond donors (Lipinski definition) is 2. The lowest BCUT2D eigenvalue weighted by Crippen LogP contribution is -2.48. The van der Waals surface area contributed by atoms with Crippen molar-refractivity contribution in [3.63, 3.8) is 0 Å². The van der Waals surface area contributed by atoms with Gasteiger partial charge in [0.25, 0.3) is 0 Å². The second kappa shape index (κ2) is 14.5. The molecule has 2 N–H and O–H groups in total. The molecule has 0 amide bonds. The molecule has 0 unspecified atom stereocenters. The van der Waals surface area contributed by atoms with Gasteiger partial charge in [0.1, 0.15) is 12.4 Å². The molecular formula is C34H50O6. The topological polar surface area (TPSA) is 85.2 Å². The van der Waals surface area contributed by atoms with Crippen LogP contribution in [-0.2, 0) is 14.2 Å². The van der Waals surface area contributed by atoms with Crippen LogP contribution in [0.2, 0.25) is 0 Å². The molecule has 0 saturated carbocycles. The van der Waals surface area contributed by atoms with Crippen LogP contribution in [0.4, 0.5) is 0 Å². The van der Waals surface area contributed by atoms with Crippen LogP contribution in [0.1, 0.15) is 108 Å². The van der Waals surface area contributed by atoms with E-state index in [-0.39, 0.29) is 30.5 Å². The summed E-state index contributed by atoms with van der Waals surface area (Å²) in [6.45, 7) is 14.8. The van der Waals surface area contributed by atoms with Crippen molar-refractivity contribution in [2.75, 3.05) is 6.61 Å². The first-order valence-electron chi connectivity index (χ1n) is 15.0. The van der Waals surface area contributed by atoms with E-state index in [1.54, 1.807) is 19.1 Å². The SMILES string of the molecule is CCC[C@H](C)[C@@H](CC)O[C@]1(C)C[C@@H](O)C[C@@H](C/C=C(\C)C[C@@H](C)/C=C/C=C2/COC(=O)c3cc(C)c(O)cc32)O1. The number of carbonyl (C=O) groups is 1. The number of carbonyl (C=O) groups excluding carboxylic acids is 1. The molecule has 0 radical (unpaired) electrons. The molecule has 1 saturated heterocycles. The minimum atomic E-state index is -0.766. The molecule has 2 aliphatic heterocycles. The van der Waals surface area contributed by atoms with E-state index < -0.39 is 11.9 Å². The molecule has 6 atom stereocenters. The van der Waals surface area contributed by atoms with Gasteiger partial charge < -0.3 is 24.4 Å². The van der Waals surface area contributed by atoms with Gasteiger partial charge in [-0.25, -0.2) is 4.79 Å². The molecule has 3 rings (SSSR count). The zero-order valence-corrected chi connectivity index (χ0v) is 25.5. The molecule has 222 valence electrons. The summed E-state index contributed by atoms with van der Waals surface area (Å²) in [5.41, 5.74) is 4.01. The smallest absolute Gasteiger partial charge is 0.339 e. The molecule has 0 bridgehead atoms. The van der Waals surface area contributed by atoms with Gasteiger partial charge >= 0.3 is 5.97 Å². The minimum Gasteiger partial charge on any atom is -0.508 e. The quantitative estimate of drug-likeness (QED) is 0.204. The van der Waals surface area contributed by atoms with E-state index in [9.17, 15) is 15.0 Å². The lowest BCUT2D eigenvalue weighted by Gasteiger charge is -2.43. The zero-order chi connectivity index (χ0) is 29.4. The standard InChI is InChI=1S/C34H50O6/c1-8-11-24(5)32(9-2)40-34(7)20-27(35)18-28(39-34)15-14-23(4)16-22(3)12-10-13-26-21-38-33(37)30-17-25(6)31(36)19-29(26)30/h10,12-14,17,19,22,24,27-28,32,35-36H,8-9,11,15-16,18,20-21H2,1-7H3/b12-10+,23-14+,26-13-/t22-,24-,27-,28+,32+,34+/m0/s1. The molecule has 2 aliphatic rings. The fraction of sp³-hybridized carbons (Fsp3) is 0.618. The van der Waals surface area contributed by atoms with Gasteiger partial charge in [0.2, 0.25) is 0 Å². The molecule has 0 aromatic heterocycles. The number of phenols is 1. The van der Waals surface area contributed by atoms with Gasteiger partial charge in [-0.15, -0.1) is 0 Å². The third-order valence-corrected chi connectivity index (χ3v) is 8.11. The Labute approximate surface area is 241 Å². The molecule has 0 spiro atoms. The summed E-state index contributed by atoms with van der Waals surface area (Å²) in [5.74, 6) is -0.180. The van der Waals surface area contributed by atoms with Crippen molar-refractivity contribution in [1.82, 2.24) is 0 Å². The highest BCUT2D eigenvalue weighted by atomic mass is 16.7.